The van der Waals surface area contributed by atoms with Gasteiger partial charge in [-0.15, -0.1) is 10.2 Å². The number of hydrogen-bond acceptors (Lipinski definition) is 4. The normalized spacial score (nSPS) is 19.2. The zero-order chi connectivity index (χ0) is 23.4. The summed E-state index contributed by atoms with van der Waals surface area (Å²) in [7, 11) is 1.79. The average molecular weight is 460 g/mol. The molecule has 9 heteroatoms. The zero-order valence-corrected chi connectivity index (χ0v) is 18.5. The quantitative estimate of drug-likeness (QED) is 0.459. The van der Waals surface area contributed by atoms with E-state index in [9.17, 15) is 13.6 Å². The molecule has 2 unspecified atom stereocenters. The molecular weight excluding hydrogens is 438 g/mol. The summed E-state index contributed by atoms with van der Waals surface area (Å²) in [5.41, 5.74) is 4.38. The fourth-order valence-electron chi connectivity index (χ4n) is 5.48. The summed E-state index contributed by atoms with van der Waals surface area (Å²) in [6.45, 7) is 0. The maximum absolute atomic E-state index is 14.0. The van der Waals surface area contributed by atoms with Crippen LogP contribution in [-0.4, -0.2) is 41.4 Å². The molecule has 0 radical (unpaired) electrons. The Bertz CT molecular complexity index is 1380. The molecule has 2 aliphatic heterocycles. The van der Waals surface area contributed by atoms with Gasteiger partial charge < -0.3 is 4.90 Å². The molecule has 1 fully saturated rings. The van der Waals surface area contributed by atoms with Crippen LogP contribution in [0.4, 0.5) is 8.78 Å². The number of amides is 1. The summed E-state index contributed by atoms with van der Waals surface area (Å²) in [6, 6.07) is 10.8. The van der Waals surface area contributed by atoms with Crippen molar-refractivity contribution in [2.75, 3.05) is 0 Å². The highest BCUT2D eigenvalue weighted by molar-refractivity contribution is 5.95. The van der Waals surface area contributed by atoms with Gasteiger partial charge in [-0.05, 0) is 56.0 Å². The number of aryl methyl sites for hydroxylation is 1. The first-order valence-electron chi connectivity index (χ1n) is 11.3. The van der Waals surface area contributed by atoms with Crippen LogP contribution in [0.25, 0.3) is 16.9 Å². The number of rotatable bonds is 3. The van der Waals surface area contributed by atoms with E-state index in [4.69, 9.17) is 5.10 Å². The lowest BCUT2D eigenvalue weighted by Gasteiger charge is -2.45. The molecule has 2 aromatic heterocycles. The number of carbonyl (C=O) groups is 1. The van der Waals surface area contributed by atoms with Gasteiger partial charge in [0.25, 0.3) is 5.91 Å². The topological polar surface area (TPSA) is 68.8 Å². The van der Waals surface area contributed by atoms with Crippen LogP contribution < -0.4 is 0 Å². The molecule has 6 rings (SSSR count). The average Bonchev–Trinajstić information content (AvgIpc) is 3.46. The smallest absolute Gasteiger partial charge is 0.254 e. The molecule has 0 N–H and O–H groups in total. The highest BCUT2D eigenvalue weighted by Gasteiger charge is 2.43. The fourth-order valence-corrected chi connectivity index (χ4v) is 5.48. The Morgan fingerprint density at radius 3 is 2.56 bits per heavy atom. The molecule has 2 aliphatic rings. The number of benzene rings is 2. The molecule has 1 amide bonds. The van der Waals surface area contributed by atoms with Crippen LogP contribution in [-0.2, 0) is 13.5 Å². The number of aromatic nitrogens is 5. The van der Waals surface area contributed by atoms with E-state index in [1.165, 1.54) is 12.1 Å². The molecule has 4 heterocycles. The van der Waals surface area contributed by atoms with Crippen molar-refractivity contribution in [1.82, 2.24) is 29.4 Å². The summed E-state index contributed by atoms with van der Waals surface area (Å²) in [5.74, 6) is -1.28. The molecule has 172 valence electrons. The van der Waals surface area contributed by atoms with Crippen LogP contribution >= 0.6 is 0 Å². The monoisotopic (exact) mass is 460 g/mol. The van der Waals surface area contributed by atoms with Gasteiger partial charge in [0.1, 0.15) is 24.3 Å². The molecule has 34 heavy (non-hydrogen) atoms. The lowest BCUT2D eigenvalue weighted by atomic mass is 9.81. The highest BCUT2D eigenvalue weighted by atomic mass is 19.1. The van der Waals surface area contributed by atoms with E-state index in [0.717, 1.165) is 42.3 Å². The van der Waals surface area contributed by atoms with Gasteiger partial charge in [-0.25, -0.2) is 8.78 Å². The van der Waals surface area contributed by atoms with Crippen molar-refractivity contribution in [2.45, 2.75) is 37.8 Å². The number of hydrogen-bond donors (Lipinski definition) is 0. The summed E-state index contributed by atoms with van der Waals surface area (Å²) in [6.07, 6.45) is 6.46. The van der Waals surface area contributed by atoms with E-state index >= 15 is 0 Å². The minimum absolute atomic E-state index is 0.00123. The molecule has 1 saturated heterocycles. The number of carbonyl (C=O) groups excluding carboxylic acids is 1. The summed E-state index contributed by atoms with van der Waals surface area (Å²) in [5, 5.41) is 12.4. The maximum Gasteiger partial charge on any atom is 0.254 e. The van der Waals surface area contributed by atoms with E-state index in [1.54, 1.807) is 29.0 Å². The molecular formula is C25H22F2N6O. The molecule has 0 spiro atoms. The van der Waals surface area contributed by atoms with E-state index < -0.39 is 11.6 Å². The van der Waals surface area contributed by atoms with Crippen molar-refractivity contribution in [3.8, 4) is 16.9 Å². The third kappa shape index (κ3) is 3.30. The Morgan fingerprint density at radius 2 is 1.79 bits per heavy atom. The van der Waals surface area contributed by atoms with Gasteiger partial charge in [0.05, 0.1) is 17.4 Å². The summed E-state index contributed by atoms with van der Waals surface area (Å²) >= 11 is 0. The predicted molar refractivity (Wildman–Crippen MR) is 120 cm³/mol. The van der Waals surface area contributed by atoms with Crippen molar-refractivity contribution in [3.05, 3.63) is 83.6 Å². The van der Waals surface area contributed by atoms with Gasteiger partial charge in [0, 0.05) is 41.5 Å². The second kappa shape index (κ2) is 7.86. The summed E-state index contributed by atoms with van der Waals surface area (Å²) < 4.78 is 31.4. The largest absolute Gasteiger partial charge is 0.327 e. The van der Waals surface area contributed by atoms with Crippen molar-refractivity contribution >= 4 is 5.91 Å². The number of piperidine rings is 1. The van der Waals surface area contributed by atoms with Crippen molar-refractivity contribution < 1.29 is 13.6 Å². The van der Waals surface area contributed by atoms with Gasteiger partial charge in [0.15, 0.2) is 0 Å². The molecule has 0 saturated carbocycles. The molecule has 2 aromatic carbocycles. The first-order chi connectivity index (χ1) is 16.5. The lowest BCUT2D eigenvalue weighted by Crippen LogP contribution is -2.49. The second-order valence-electron chi connectivity index (χ2n) is 8.93. The fraction of sp³-hybridized carbons (Fsp3) is 0.280. The lowest BCUT2D eigenvalue weighted by molar-refractivity contribution is 0.0392. The summed E-state index contributed by atoms with van der Waals surface area (Å²) in [4.78, 5) is 15.7. The number of fused-ring (bicyclic) bond motifs is 4. The van der Waals surface area contributed by atoms with Gasteiger partial charge >= 0.3 is 0 Å². The van der Waals surface area contributed by atoms with E-state index in [1.807, 2.05) is 29.2 Å². The van der Waals surface area contributed by atoms with Crippen molar-refractivity contribution in [2.24, 2.45) is 7.05 Å². The third-order valence-corrected chi connectivity index (χ3v) is 6.86. The molecule has 4 aromatic rings. The Hall–Kier alpha value is -3.88. The van der Waals surface area contributed by atoms with Crippen LogP contribution in [0.5, 0.6) is 0 Å². The minimum Gasteiger partial charge on any atom is -0.327 e. The SMILES string of the molecule is Cn1nc2c(c1-c1cc(F)cc(F)c1)CC1CCCC2N1C(=O)c1cccc(-n2cnnc2)c1. The van der Waals surface area contributed by atoms with Crippen LogP contribution in [0, 0.1) is 11.6 Å². The van der Waals surface area contributed by atoms with Crippen LogP contribution in [0.15, 0.2) is 55.1 Å². The Morgan fingerprint density at radius 1 is 1.03 bits per heavy atom. The highest BCUT2D eigenvalue weighted by Crippen LogP contribution is 2.45. The van der Waals surface area contributed by atoms with E-state index in [0.29, 0.717) is 23.2 Å². The van der Waals surface area contributed by atoms with Crippen molar-refractivity contribution in [1.29, 1.82) is 0 Å². The first-order valence-corrected chi connectivity index (χ1v) is 11.3. The predicted octanol–water partition coefficient (Wildman–Crippen LogP) is 4.24. The zero-order valence-electron chi connectivity index (χ0n) is 18.5. The third-order valence-electron chi connectivity index (χ3n) is 6.86. The Kier molecular flexibility index (Phi) is 4.79. The molecule has 2 bridgehead atoms. The van der Waals surface area contributed by atoms with Gasteiger partial charge in [-0.1, -0.05) is 6.07 Å². The van der Waals surface area contributed by atoms with E-state index in [2.05, 4.69) is 10.2 Å². The van der Waals surface area contributed by atoms with E-state index in [-0.39, 0.29) is 18.0 Å². The number of halogens is 2. The van der Waals surface area contributed by atoms with Crippen LogP contribution in [0.1, 0.15) is 46.9 Å². The molecule has 2 atom stereocenters. The van der Waals surface area contributed by atoms with Crippen molar-refractivity contribution in [3.63, 3.8) is 0 Å². The molecule has 7 nitrogen and oxygen atoms in total. The maximum atomic E-state index is 14.0. The Labute approximate surface area is 194 Å². The van der Waals surface area contributed by atoms with Gasteiger partial charge in [-0.2, -0.15) is 5.10 Å². The Balaban J connectivity index is 1.40. The van der Waals surface area contributed by atoms with Gasteiger partial charge in [-0.3, -0.25) is 14.0 Å². The second-order valence-corrected chi connectivity index (χ2v) is 8.93. The first kappa shape index (κ1) is 20.7. The van der Waals surface area contributed by atoms with Gasteiger partial charge in [0.2, 0.25) is 0 Å². The van der Waals surface area contributed by atoms with Crippen LogP contribution in [0.3, 0.4) is 0 Å². The van der Waals surface area contributed by atoms with Crippen LogP contribution in [0.2, 0.25) is 0 Å². The standard InChI is InChI=1S/C25H22F2N6O/c1-31-24(16-8-17(26)11-18(27)9-16)21-12-20-6-3-7-22(23(21)30-31)33(20)25(34)15-4-2-5-19(10-15)32-13-28-29-14-32/h2,4-5,8-11,13-14,20,22H,3,6-7,12H2,1H3. The minimum atomic E-state index is -0.620. The number of nitrogens with zero attached hydrogens (tertiary/aromatic N) is 6. The molecule has 0 aliphatic carbocycles.